The molecule has 160 valence electrons. The first-order chi connectivity index (χ1) is 14.7. The number of hydrogen-bond donors (Lipinski definition) is 1. The SMILES string of the molecule is COc1cn(C(C)C(=O)Cc2ccc(C(=O)O)cc2)c(=O)cc1-c1cc(Cl)ccc1C. The molecule has 3 rings (SSSR count). The third-order valence-corrected chi connectivity index (χ3v) is 5.45. The molecule has 0 spiro atoms. The number of aryl methyl sites for hydroxylation is 1. The van der Waals surface area contributed by atoms with Crippen molar-refractivity contribution in [2.24, 2.45) is 0 Å². The maximum atomic E-state index is 12.9. The number of methoxy groups -OCH3 is 1. The molecule has 2 aromatic carbocycles. The number of Topliss-reactive ketones (excluding diaryl/α,β-unsaturated/α-hetero) is 1. The largest absolute Gasteiger partial charge is 0.495 e. The third-order valence-electron chi connectivity index (χ3n) is 5.22. The van der Waals surface area contributed by atoms with Crippen LogP contribution in [-0.2, 0) is 11.2 Å². The van der Waals surface area contributed by atoms with Crippen LogP contribution in [0.25, 0.3) is 11.1 Å². The number of carbonyl (C=O) groups is 2. The third kappa shape index (κ3) is 4.86. The highest BCUT2D eigenvalue weighted by molar-refractivity contribution is 6.30. The Morgan fingerprint density at radius 2 is 1.77 bits per heavy atom. The summed E-state index contributed by atoms with van der Waals surface area (Å²) in [5.74, 6) is -0.755. The first kappa shape index (κ1) is 22.3. The van der Waals surface area contributed by atoms with Gasteiger partial charge in [-0.25, -0.2) is 4.79 Å². The van der Waals surface area contributed by atoms with E-state index in [9.17, 15) is 14.4 Å². The number of carboxylic acids is 1. The summed E-state index contributed by atoms with van der Waals surface area (Å²) in [6.07, 6.45) is 1.61. The van der Waals surface area contributed by atoms with Crippen LogP contribution in [0.2, 0.25) is 5.02 Å². The van der Waals surface area contributed by atoms with Gasteiger partial charge in [-0.3, -0.25) is 9.59 Å². The van der Waals surface area contributed by atoms with E-state index in [2.05, 4.69) is 0 Å². The van der Waals surface area contributed by atoms with Crippen molar-refractivity contribution in [1.82, 2.24) is 4.57 Å². The van der Waals surface area contributed by atoms with E-state index in [0.717, 1.165) is 11.1 Å². The lowest BCUT2D eigenvalue weighted by Gasteiger charge is -2.18. The van der Waals surface area contributed by atoms with Crippen LogP contribution in [0.1, 0.15) is 34.5 Å². The smallest absolute Gasteiger partial charge is 0.335 e. The maximum absolute atomic E-state index is 12.9. The zero-order valence-corrected chi connectivity index (χ0v) is 18.1. The minimum Gasteiger partial charge on any atom is -0.495 e. The molecule has 1 unspecified atom stereocenters. The molecule has 1 aromatic heterocycles. The normalized spacial score (nSPS) is 11.7. The molecule has 0 bridgehead atoms. The van der Waals surface area contributed by atoms with Crippen LogP contribution in [-0.4, -0.2) is 28.5 Å². The molecule has 7 heteroatoms. The van der Waals surface area contributed by atoms with Crippen molar-refractivity contribution < 1.29 is 19.4 Å². The van der Waals surface area contributed by atoms with Crippen LogP contribution in [0.4, 0.5) is 0 Å². The van der Waals surface area contributed by atoms with Crippen molar-refractivity contribution in [3.8, 4) is 16.9 Å². The summed E-state index contributed by atoms with van der Waals surface area (Å²) in [5.41, 5.74) is 2.81. The summed E-state index contributed by atoms with van der Waals surface area (Å²) in [4.78, 5) is 36.6. The van der Waals surface area contributed by atoms with E-state index in [4.69, 9.17) is 21.4 Å². The maximum Gasteiger partial charge on any atom is 0.335 e. The Bertz CT molecular complexity index is 1200. The highest BCUT2D eigenvalue weighted by Gasteiger charge is 2.20. The lowest BCUT2D eigenvalue weighted by atomic mass is 10.00. The molecule has 6 nitrogen and oxygen atoms in total. The van der Waals surface area contributed by atoms with Gasteiger partial charge in [0.05, 0.1) is 24.9 Å². The molecule has 31 heavy (non-hydrogen) atoms. The molecule has 0 saturated heterocycles. The highest BCUT2D eigenvalue weighted by atomic mass is 35.5. The van der Waals surface area contributed by atoms with Crippen LogP contribution in [0.3, 0.4) is 0 Å². The Labute approximate surface area is 184 Å². The number of benzene rings is 2. The fourth-order valence-electron chi connectivity index (χ4n) is 3.36. The molecule has 0 aliphatic rings. The summed E-state index contributed by atoms with van der Waals surface area (Å²) in [7, 11) is 1.50. The number of ether oxygens (including phenoxy) is 1. The summed E-state index contributed by atoms with van der Waals surface area (Å²) < 4.78 is 6.85. The van der Waals surface area contributed by atoms with E-state index < -0.39 is 12.0 Å². The minimum absolute atomic E-state index is 0.0744. The number of halogens is 1. The predicted molar refractivity (Wildman–Crippen MR) is 119 cm³/mol. The van der Waals surface area contributed by atoms with Crippen LogP contribution in [0.15, 0.2) is 59.5 Å². The van der Waals surface area contributed by atoms with Crippen molar-refractivity contribution in [2.75, 3.05) is 7.11 Å². The fourth-order valence-corrected chi connectivity index (χ4v) is 3.53. The van der Waals surface area contributed by atoms with E-state index in [1.165, 1.54) is 36.1 Å². The topological polar surface area (TPSA) is 85.6 Å². The summed E-state index contributed by atoms with van der Waals surface area (Å²) >= 11 is 6.13. The number of aromatic nitrogens is 1. The predicted octanol–water partition coefficient (Wildman–Crippen LogP) is 4.56. The quantitative estimate of drug-likeness (QED) is 0.583. The number of pyridine rings is 1. The summed E-state index contributed by atoms with van der Waals surface area (Å²) in [5, 5.41) is 9.53. The molecule has 0 fully saturated rings. The average Bonchev–Trinajstić information content (AvgIpc) is 2.75. The lowest BCUT2D eigenvalue weighted by molar-refractivity contribution is -0.121. The van der Waals surface area contributed by atoms with E-state index in [0.29, 0.717) is 21.9 Å². The molecule has 0 aliphatic carbocycles. The molecule has 0 amide bonds. The highest BCUT2D eigenvalue weighted by Crippen LogP contribution is 2.33. The number of ketones is 1. The van der Waals surface area contributed by atoms with Crippen LogP contribution in [0, 0.1) is 6.92 Å². The molecule has 0 radical (unpaired) electrons. The first-order valence-electron chi connectivity index (χ1n) is 9.63. The summed E-state index contributed by atoms with van der Waals surface area (Å²) in [6, 6.07) is 12.2. The number of hydrogen-bond acceptors (Lipinski definition) is 4. The fraction of sp³-hybridized carbons (Fsp3) is 0.208. The van der Waals surface area contributed by atoms with Gasteiger partial charge < -0.3 is 14.4 Å². The monoisotopic (exact) mass is 439 g/mol. The first-order valence-corrected chi connectivity index (χ1v) is 10.0. The molecule has 0 aliphatic heterocycles. The van der Waals surface area contributed by atoms with Crippen molar-refractivity contribution in [3.05, 3.63) is 86.8 Å². The Kier molecular flexibility index (Phi) is 6.61. The number of carbonyl (C=O) groups excluding carboxylic acids is 1. The molecular formula is C24H22ClNO5. The molecule has 1 N–H and O–H groups in total. The number of rotatable bonds is 7. The van der Waals surface area contributed by atoms with Crippen molar-refractivity contribution in [3.63, 3.8) is 0 Å². The van der Waals surface area contributed by atoms with Gasteiger partial charge in [0.2, 0.25) is 0 Å². The van der Waals surface area contributed by atoms with Crippen molar-refractivity contribution >= 4 is 23.4 Å². The van der Waals surface area contributed by atoms with Gasteiger partial charge in [-0.1, -0.05) is 29.8 Å². The standard InChI is InChI=1S/C24H22ClNO5/c1-14-4-9-18(25)11-19(14)20-12-23(28)26(13-22(20)31-3)15(2)21(27)10-16-5-7-17(8-6-16)24(29)30/h4-9,11-13,15H,10H2,1-3H3,(H,29,30). The van der Waals surface area contributed by atoms with E-state index in [-0.39, 0.29) is 23.3 Å². The van der Waals surface area contributed by atoms with Crippen LogP contribution in [0.5, 0.6) is 5.75 Å². The molecule has 0 saturated carbocycles. The van der Waals surface area contributed by atoms with Gasteiger partial charge >= 0.3 is 5.97 Å². The second-order valence-corrected chi connectivity index (χ2v) is 7.72. The Balaban J connectivity index is 1.91. The van der Waals surface area contributed by atoms with Gasteiger partial charge in [-0.15, -0.1) is 0 Å². The Morgan fingerprint density at radius 3 is 2.39 bits per heavy atom. The average molecular weight is 440 g/mol. The van der Waals surface area contributed by atoms with Gasteiger partial charge in [0.15, 0.2) is 5.78 Å². The van der Waals surface area contributed by atoms with Gasteiger partial charge in [-0.2, -0.15) is 0 Å². The number of aromatic carboxylic acids is 1. The van der Waals surface area contributed by atoms with Crippen LogP contribution < -0.4 is 10.3 Å². The zero-order valence-electron chi connectivity index (χ0n) is 17.4. The van der Waals surface area contributed by atoms with Crippen molar-refractivity contribution in [2.45, 2.75) is 26.3 Å². The summed E-state index contributed by atoms with van der Waals surface area (Å²) in [6.45, 7) is 3.57. The molecule has 3 aromatic rings. The van der Waals surface area contributed by atoms with Gasteiger partial charge in [-0.05, 0) is 54.8 Å². The molecule has 1 heterocycles. The number of nitrogens with zero attached hydrogens (tertiary/aromatic N) is 1. The van der Waals surface area contributed by atoms with E-state index >= 15 is 0 Å². The lowest BCUT2D eigenvalue weighted by Crippen LogP contribution is -2.28. The second kappa shape index (κ2) is 9.18. The van der Waals surface area contributed by atoms with Crippen LogP contribution >= 0.6 is 11.6 Å². The zero-order chi connectivity index (χ0) is 22.7. The van der Waals surface area contributed by atoms with Gasteiger partial charge in [0.1, 0.15) is 5.75 Å². The van der Waals surface area contributed by atoms with Crippen molar-refractivity contribution in [1.29, 1.82) is 0 Å². The molecular weight excluding hydrogens is 418 g/mol. The second-order valence-electron chi connectivity index (χ2n) is 7.28. The minimum atomic E-state index is -1.03. The van der Waals surface area contributed by atoms with Gasteiger partial charge in [0, 0.05) is 23.1 Å². The Morgan fingerprint density at radius 1 is 1.10 bits per heavy atom. The van der Waals surface area contributed by atoms with E-state index in [1.807, 2.05) is 13.0 Å². The molecule has 1 atom stereocenters. The van der Waals surface area contributed by atoms with E-state index in [1.54, 1.807) is 31.2 Å². The van der Waals surface area contributed by atoms with Gasteiger partial charge in [0.25, 0.3) is 5.56 Å². The Hall–Kier alpha value is -3.38. The number of carboxylic acid groups (broad SMARTS) is 1.